The van der Waals surface area contributed by atoms with Crippen molar-refractivity contribution in [3.05, 3.63) is 70.7 Å². The predicted octanol–water partition coefficient (Wildman–Crippen LogP) is 3.34. The van der Waals surface area contributed by atoms with E-state index in [-0.39, 0.29) is 30.8 Å². The van der Waals surface area contributed by atoms with Crippen molar-refractivity contribution in [2.45, 2.75) is 19.4 Å². The normalized spacial score (nSPS) is 11.6. The molecule has 0 saturated carbocycles. The van der Waals surface area contributed by atoms with Crippen molar-refractivity contribution in [3.63, 3.8) is 0 Å². The average molecular weight is 331 g/mol. The molecule has 0 heterocycles. The summed E-state index contributed by atoms with van der Waals surface area (Å²) in [5.74, 6) is -0.316. The van der Waals surface area contributed by atoms with E-state index in [0.29, 0.717) is 10.6 Å². The fourth-order valence-electron chi connectivity index (χ4n) is 2.20. The minimum Gasteiger partial charge on any atom is -0.352 e. The number of hydrogen-bond donors (Lipinski definition) is 2. The fourth-order valence-corrected chi connectivity index (χ4v) is 2.50. The van der Waals surface area contributed by atoms with E-state index in [1.165, 1.54) is 0 Å². The Balaban J connectivity index is 1.77. The first-order valence-corrected chi connectivity index (χ1v) is 7.83. The van der Waals surface area contributed by atoms with E-state index in [1.54, 1.807) is 30.3 Å². The third-order valence-electron chi connectivity index (χ3n) is 3.42. The van der Waals surface area contributed by atoms with Gasteiger partial charge in [0.05, 0.1) is 6.04 Å². The summed E-state index contributed by atoms with van der Waals surface area (Å²) in [5, 5.41) is 6.23. The van der Waals surface area contributed by atoms with Crippen molar-refractivity contribution in [1.82, 2.24) is 10.6 Å². The summed E-state index contributed by atoms with van der Waals surface area (Å²) in [5.41, 5.74) is 1.45. The van der Waals surface area contributed by atoms with Gasteiger partial charge < -0.3 is 10.6 Å². The van der Waals surface area contributed by atoms with Gasteiger partial charge in [0.25, 0.3) is 5.91 Å². The number of benzene rings is 2. The highest BCUT2D eigenvalue weighted by molar-refractivity contribution is 6.31. The average Bonchev–Trinajstić information content (AvgIpc) is 2.55. The Hall–Kier alpha value is -2.33. The van der Waals surface area contributed by atoms with E-state index in [4.69, 9.17) is 11.6 Å². The molecule has 2 aromatic carbocycles. The number of carbonyl (C=O) groups excluding carboxylic acids is 2. The second kappa shape index (κ2) is 8.34. The van der Waals surface area contributed by atoms with Crippen LogP contribution < -0.4 is 10.6 Å². The molecule has 0 aliphatic carbocycles. The molecule has 2 amide bonds. The molecule has 0 aromatic heterocycles. The summed E-state index contributed by atoms with van der Waals surface area (Å²) in [4.78, 5) is 23.8. The van der Waals surface area contributed by atoms with Crippen molar-refractivity contribution >= 4 is 23.4 Å². The molecule has 4 nitrogen and oxygen atoms in total. The molecule has 2 N–H and O–H groups in total. The predicted molar refractivity (Wildman–Crippen MR) is 91.4 cm³/mol. The van der Waals surface area contributed by atoms with Crippen molar-refractivity contribution in [2.24, 2.45) is 0 Å². The molecule has 120 valence electrons. The molecule has 1 atom stereocenters. The lowest BCUT2D eigenvalue weighted by Crippen LogP contribution is -2.32. The number of hydrogen-bond acceptors (Lipinski definition) is 2. The molecule has 0 bridgehead atoms. The molecular formula is C18H19ClN2O2. The molecule has 23 heavy (non-hydrogen) atoms. The van der Waals surface area contributed by atoms with Gasteiger partial charge in [0.1, 0.15) is 0 Å². The van der Waals surface area contributed by atoms with E-state index in [0.717, 1.165) is 5.56 Å². The van der Waals surface area contributed by atoms with Gasteiger partial charge in [-0.2, -0.15) is 0 Å². The lowest BCUT2D eigenvalue weighted by atomic mass is 10.1. The van der Waals surface area contributed by atoms with Crippen LogP contribution in [0, 0.1) is 0 Å². The second-order valence-corrected chi connectivity index (χ2v) is 5.59. The van der Waals surface area contributed by atoms with E-state index in [2.05, 4.69) is 10.6 Å². The number of nitrogens with one attached hydrogen (secondary N) is 2. The lowest BCUT2D eigenvalue weighted by molar-refractivity contribution is -0.121. The fraction of sp³-hybridized carbons (Fsp3) is 0.222. The number of halogens is 1. The van der Waals surface area contributed by atoms with Crippen molar-refractivity contribution < 1.29 is 9.59 Å². The summed E-state index contributed by atoms with van der Waals surface area (Å²) in [6.45, 7) is 2.16. The topological polar surface area (TPSA) is 58.2 Å². The van der Waals surface area contributed by atoms with Crippen molar-refractivity contribution in [3.8, 4) is 0 Å². The zero-order valence-electron chi connectivity index (χ0n) is 12.9. The Bertz CT molecular complexity index is 674. The number of amides is 2. The van der Waals surface area contributed by atoms with Gasteiger partial charge in [0.2, 0.25) is 5.91 Å². The molecule has 5 heteroatoms. The van der Waals surface area contributed by atoms with Crippen LogP contribution in [0.25, 0.3) is 0 Å². The molecule has 0 saturated heterocycles. The van der Waals surface area contributed by atoms with Crippen LogP contribution in [-0.4, -0.2) is 18.4 Å². The van der Waals surface area contributed by atoms with Gasteiger partial charge >= 0.3 is 0 Å². The zero-order chi connectivity index (χ0) is 16.7. The number of carbonyl (C=O) groups is 2. The van der Waals surface area contributed by atoms with Gasteiger partial charge in [-0.15, -0.1) is 0 Å². The summed E-state index contributed by atoms with van der Waals surface area (Å²) >= 11 is 6.11. The van der Waals surface area contributed by atoms with Crippen molar-refractivity contribution in [2.75, 3.05) is 6.54 Å². The summed E-state index contributed by atoms with van der Waals surface area (Å²) in [6.07, 6.45) is 0.216. The van der Waals surface area contributed by atoms with Gasteiger partial charge in [0, 0.05) is 23.6 Å². The molecule has 0 spiro atoms. The maximum absolute atomic E-state index is 12.0. The highest BCUT2D eigenvalue weighted by Crippen LogP contribution is 2.21. The third-order valence-corrected chi connectivity index (χ3v) is 3.77. The Morgan fingerprint density at radius 2 is 1.70 bits per heavy atom. The monoisotopic (exact) mass is 330 g/mol. The minimum absolute atomic E-state index is 0.134. The first-order valence-electron chi connectivity index (χ1n) is 7.45. The Labute approximate surface area is 140 Å². The van der Waals surface area contributed by atoms with E-state index in [9.17, 15) is 9.59 Å². The zero-order valence-corrected chi connectivity index (χ0v) is 13.6. The van der Waals surface area contributed by atoms with Crippen LogP contribution in [0.3, 0.4) is 0 Å². The summed E-state index contributed by atoms with van der Waals surface area (Å²) in [6, 6.07) is 16.1. The molecule has 0 aliphatic heterocycles. The Morgan fingerprint density at radius 1 is 1.04 bits per heavy atom. The van der Waals surface area contributed by atoms with Crippen LogP contribution in [0.1, 0.15) is 35.3 Å². The van der Waals surface area contributed by atoms with Crippen LogP contribution in [0.4, 0.5) is 0 Å². The van der Waals surface area contributed by atoms with Crippen LogP contribution in [0.15, 0.2) is 54.6 Å². The van der Waals surface area contributed by atoms with Gasteiger partial charge in [-0.05, 0) is 30.7 Å². The molecule has 2 rings (SSSR count). The van der Waals surface area contributed by atoms with E-state index >= 15 is 0 Å². The molecule has 0 aliphatic rings. The maximum atomic E-state index is 12.0. The summed E-state index contributed by atoms with van der Waals surface area (Å²) in [7, 11) is 0. The van der Waals surface area contributed by atoms with Gasteiger partial charge in [0.15, 0.2) is 0 Å². The van der Waals surface area contributed by atoms with Crippen molar-refractivity contribution in [1.29, 1.82) is 0 Å². The first-order chi connectivity index (χ1) is 11.1. The quantitative estimate of drug-likeness (QED) is 0.853. The standard InChI is InChI=1S/C18H19ClN2O2/c1-13(15-9-5-6-10-16(15)19)21-17(22)11-12-20-18(23)14-7-3-2-4-8-14/h2-10,13H,11-12H2,1H3,(H,20,23)(H,21,22). The highest BCUT2D eigenvalue weighted by Gasteiger charge is 2.12. The van der Waals surface area contributed by atoms with Gasteiger partial charge in [-0.1, -0.05) is 48.0 Å². The molecular weight excluding hydrogens is 312 g/mol. The van der Waals surface area contributed by atoms with Gasteiger partial charge in [-0.3, -0.25) is 9.59 Å². The smallest absolute Gasteiger partial charge is 0.251 e. The van der Waals surface area contributed by atoms with Gasteiger partial charge in [-0.25, -0.2) is 0 Å². The van der Waals surface area contributed by atoms with Crippen LogP contribution >= 0.6 is 11.6 Å². The van der Waals surface area contributed by atoms with Crippen LogP contribution in [0.2, 0.25) is 5.02 Å². The second-order valence-electron chi connectivity index (χ2n) is 5.18. The Kier molecular flexibility index (Phi) is 6.18. The molecule has 2 aromatic rings. The van der Waals surface area contributed by atoms with E-state index in [1.807, 2.05) is 31.2 Å². The first kappa shape index (κ1) is 17.0. The Morgan fingerprint density at radius 3 is 2.39 bits per heavy atom. The van der Waals surface area contributed by atoms with E-state index < -0.39 is 0 Å². The summed E-state index contributed by atoms with van der Waals surface area (Å²) < 4.78 is 0. The van der Waals surface area contributed by atoms with Crippen LogP contribution in [0.5, 0.6) is 0 Å². The maximum Gasteiger partial charge on any atom is 0.251 e. The molecule has 1 unspecified atom stereocenters. The third kappa shape index (κ3) is 5.11. The minimum atomic E-state index is -0.183. The largest absolute Gasteiger partial charge is 0.352 e. The SMILES string of the molecule is CC(NC(=O)CCNC(=O)c1ccccc1)c1ccccc1Cl. The number of rotatable bonds is 6. The highest BCUT2D eigenvalue weighted by atomic mass is 35.5. The lowest BCUT2D eigenvalue weighted by Gasteiger charge is -2.15. The van der Waals surface area contributed by atoms with Crippen LogP contribution in [-0.2, 0) is 4.79 Å². The molecule has 0 radical (unpaired) electrons. The molecule has 0 fully saturated rings.